The van der Waals surface area contributed by atoms with Crippen molar-refractivity contribution >= 4 is 10.0 Å². The maximum atomic E-state index is 12.1. The molecule has 1 aromatic rings. The minimum atomic E-state index is -3.24. The molecule has 0 aromatic heterocycles. The number of benzene rings is 1. The number of fused-ring (bicyclic) bond motifs is 1. The van der Waals surface area contributed by atoms with Gasteiger partial charge in [-0.1, -0.05) is 24.0 Å². The summed E-state index contributed by atoms with van der Waals surface area (Å²) in [6.45, 7) is 5.25. The van der Waals surface area contributed by atoms with E-state index in [1.54, 1.807) is 18.2 Å². The van der Waals surface area contributed by atoms with Crippen LogP contribution in [0.5, 0.6) is 0 Å². The Morgan fingerprint density at radius 3 is 2.39 bits per heavy atom. The van der Waals surface area contributed by atoms with Crippen molar-refractivity contribution in [2.24, 2.45) is 0 Å². The predicted molar refractivity (Wildman–Crippen MR) is 109 cm³/mol. The lowest BCUT2D eigenvalue weighted by atomic mass is 9.74. The number of hydrogen-bond acceptors (Lipinski definition) is 5. The molecular formula is C21H30N2O4S. The molecule has 0 unspecified atom stereocenters. The molecule has 3 rings (SSSR count). The van der Waals surface area contributed by atoms with Gasteiger partial charge in [-0.25, -0.2) is 12.7 Å². The fourth-order valence-electron chi connectivity index (χ4n) is 4.22. The molecule has 0 aliphatic carbocycles. The van der Waals surface area contributed by atoms with Crippen LogP contribution in [0.2, 0.25) is 0 Å². The Labute approximate surface area is 168 Å². The Balaban J connectivity index is 1.84. The van der Waals surface area contributed by atoms with Crippen molar-refractivity contribution in [3.63, 3.8) is 0 Å². The molecule has 28 heavy (non-hydrogen) atoms. The number of aliphatic hydroxyl groups is 2. The second kappa shape index (κ2) is 8.13. The van der Waals surface area contributed by atoms with E-state index in [-0.39, 0.29) is 24.6 Å². The van der Waals surface area contributed by atoms with Crippen molar-refractivity contribution in [3.05, 3.63) is 35.4 Å². The molecule has 2 N–H and O–H groups in total. The summed E-state index contributed by atoms with van der Waals surface area (Å²) in [6, 6.07) is 7.93. The predicted octanol–water partition coefficient (Wildman–Crippen LogP) is 0.993. The van der Waals surface area contributed by atoms with E-state index >= 15 is 0 Å². The summed E-state index contributed by atoms with van der Waals surface area (Å²) < 4.78 is 25.9. The first kappa shape index (κ1) is 21.3. The fourth-order valence-corrected chi connectivity index (χ4v) is 5.11. The van der Waals surface area contributed by atoms with Crippen LogP contribution in [-0.2, 0) is 10.0 Å². The van der Waals surface area contributed by atoms with Gasteiger partial charge in [0.25, 0.3) is 0 Å². The zero-order valence-corrected chi connectivity index (χ0v) is 17.6. The summed E-state index contributed by atoms with van der Waals surface area (Å²) in [5, 5.41) is 19.7. The minimum absolute atomic E-state index is 0.0119. The standard InChI is InChI=1S/C21H30N2O4S/c1-21(2,25)11-10-16-6-8-17(9-7-16)20-18-14-22(28(3,26)27)12-4-5-13-23(18)19(20)15-24/h6-9,18-20,24-25H,4-5,12-15H2,1-3H3/t18-,19-,20-/m1/s1. The van der Waals surface area contributed by atoms with E-state index in [4.69, 9.17) is 0 Å². The van der Waals surface area contributed by atoms with E-state index in [0.29, 0.717) is 13.1 Å². The third-order valence-corrected chi connectivity index (χ3v) is 6.88. The topological polar surface area (TPSA) is 81.1 Å². The van der Waals surface area contributed by atoms with E-state index in [9.17, 15) is 18.6 Å². The molecule has 154 valence electrons. The average molecular weight is 407 g/mol. The van der Waals surface area contributed by atoms with Crippen molar-refractivity contribution in [2.75, 3.05) is 32.5 Å². The van der Waals surface area contributed by atoms with Gasteiger partial charge in [-0.2, -0.15) is 0 Å². The van der Waals surface area contributed by atoms with Crippen LogP contribution in [0.4, 0.5) is 0 Å². The molecule has 1 aromatic carbocycles. The molecule has 0 amide bonds. The van der Waals surface area contributed by atoms with E-state index in [0.717, 1.165) is 30.5 Å². The second-order valence-electron chi connectivity index (χ2n) is 8.34. The largest absolute Gasteiger partial charge is 0.395 e. The number of nitrogens with zero attached hydrogens (tertiary/aromatic N) is 2. The summed E-state index contributed by atoms with van der Waals surface area (Å²) in [4.78, 5) is 2.25. The lowest BCUT2D eigenvalue weighted by Crippen LogP contribution is -2.67. The molecule has 0 spiro atoms. The van der Waals surface area contributed by atoms with Crippen LogP contribution in [0.3, 0.4) is 0 Å². The third-order valence-electron chi connectivity index (χ3n) is 5.61. The van der Waals surface area contributed by atoms with Crippen LogP contribution in [0.15, 0.2) is 24.3 Å². The van der Waals surface area contributed by atoms with Crippen molar-refractivity contribution in [1.82, 2.24) is 9.21 Å². The van der Waals surface area contributed by atoms with E-state index in [1.165, 1.54) is 6.26 Å². The fraction of sp³-hybridized carbons (Fsp3) is 0.619. The number of aliphatic hydroxyl groups excluding tert-OH is 1. The number of sulfonamides is 1. The number of hydrogen-bond donors (Lipinski definition) is 2. The Bertz CT molecular complexity index is 849. The molecule has 2 aliphatic rings. The Kier molecular flexibility index (Phi) is 6.18. The quantitative estimate of drug-likeness (QED) is 0.732. The molecule has 2 aliphatic heterocycles. The molecule has 2 fully saturated rings. The minimum Gasteiger partial charge on any atom is -0.395 e. The molecule has 0 bridgehead atoms. The average Bonchev–Trinajstić information content (AvgIpc) is 2.58. The van der Waals surface area contributed by atoms with Gasteiger partial charge >= 0.3 is 0 Å². The lowest BCUT2D eigenvalue weighted by molar-refractivity contribution is -0.0553. The molecule has 0 saturated carbocycles. The highest BCUT2D eigenvalue weighted by atomic mass is 32.2. The van der Waals surface area contributed by atoms with E-state index in [1.807, 2.05) is 24.3 Å². The Hall–Kier alpha value is -1.43. The molecule has 3 atom stereocenters. The van der Waals surface area contributed by atoms with E-state index < -0.39 is 15.6 Å². The van der Waals surface area contributed by atoms with Crippen LogP contribution < -0.4 is 0 Å². The van der Waals surface area contributed by atoms with Gasteiger partial charge in [0.15, 0.2) is 0 Å². The zero-order chi connectivity index (χ0) is 20.5. The van der Waals surface area contributed by atoms with Crippen LogP contribution in [-0.4, -0.2) is 78.0 Å². The second-order valence-corrected chi connectivity index (χ2v) is 10.3. The zero-order valence-electron chi connectivity index (χ0n) is 16.8. The highest BCUT2D eigenvalue weighted by Crippen LogP contribution is 2.42. The van der Waals surface area contributed by atoms with Gasteiger partial charge in [0, 0.05) is 36.7 Å². The van der Waals surface area contributed by atoms with Crippen molar-refractivity contribution < 1.29 is 18.6 Å². The Morgan fingerprint density at radius 2 is 1.82 bits per heavy atom. The highest BCUT2D eigenvalue weighted by molar-refractivity contribution is 7.88. The van der Waals surface area contributed by atoms with Crippen molar-refractivity contribution in [1.29, 1.82) is 0 Å². The van der Waals surface area contributed by atoms with Crippen molar-refractivity contribution in [3.8, 4) is 11.8 Å². The normalized spacial score (nSPS) is 27.0. The third kappa shape index (κ3) is 4.76. The first-order valence-corrected chi connectivity index (χ1v) is 11.6. The van der Waals surface area contributed by atoms with E-state index in [2.05, 4.69) is 16.7 Å². The highest BCUT2D eigenvalue weighted by Gasteiger charge is 2.49. The van der Waals surface area contributed by atoms with Gasteiger partial charge in [0.1, 0.15) is 5.60 Å². The van der Waals surface area contributed by atoms with Gasteiger partial charge in [-0.3, -0.25) is 4.90 Å². The Morgan fingerprint density at radius 1 is 1.18 bits per heavy atom. The summed E-state index contributed by atoms with van der Waals surface area (Å²) in [5.74, 6) is 5.85. The van der Waals surface area contributed by atoms with Gasteiger partial charge in [-0.15, -0.1) is 0 Å². The van der Waals surface area contributed by atoms with Crippen molar-refractivity contribution in [2.45, 2.75) is 50.3 Å². The summed E-state index contributed by atoms with van der Waals surface area (Å²) in [7, 11) is -3.24. The summed E-state index contributed by atoms with van der Waals surface area (Å²) in [6.07, 6.45) is 3.04. The first-order valence-electron chi connectivity index (χ1n) is 9.77. The van der Waals surface area contributed by atoms with Crippen LogP contribution >= 0.6 is 0 Å². The maximum Gasteiger partial charge on any atom is 0.211 e. The SMILES string of the molecule is CC(C)(O)C#Cc1ccc([C@H]2[C@@H](CO)N3CCCCN(S(C)(=O)=O)C[C@H]23)cc1. The molecule has 6 nitrogen and oxygen atoms in total. The van der Waals surface area contributed by atoms with Gasteiger partial charge in [-0.05, 0) is 50.9 Å². The molecule has 0 radical (unpaired) electrons. The molecule has 2 saturated heterocycles. The summed E-state index contributed by atoms with van der Waals surface area (Å²) >= 11 is 0. The summed E-state index contributed by atoms with van der Waals surface area (Å²) in [5.41, 5.74) is 0.865. The van der Waals surface area contributed by atoms with Crippen LogP contribution in [0.25, 0.3) is 0 Å². The van der Waals surface area contributed by atoms with Gasteiger partial charge in [0.2, 0.25) is 10.0 Å². The monoisotopic (exact) mass is 406 g/mol. The first-order chi connectivity index (χ1) is 13.1. The maximum absolute atomic E-state index is 12.1. The van der Waals surface area contributed by atoms with Gasteiger partial charge in [0.05, 0.1) is 12.9 Å². The lowest BCUT2D eigenvalue weighted by Gasteiger charge is -2.57. The molecule has 7 heteroatoms. The molecular weight excluding hydrogens is 376 g/mol. The smallest absolute Gasteiger partial charge is 0.211 e. The molecule has 2 heterocycles. The van der Waals surface area contributed by atoms with Crippen LogP contribution in [0, 0.1) is 11.8 Å². The van der Waals surface area contributed by atoms with Gasteiger partial charge < -0.3 is 10.2 Å². The van der Waals surface area contributed by atoms with Crippen LogP contribution in [0.1, 0.15) is 43.7 Å². The number of rotatable bonds is 3.